The van der Waals surface area contributed by atoms with Crippen molar-refractivity contribution in [1.82, 2.24) is 0 Å². The number of nitrogens with one attached hydrogen (secondary N) is 1. The van der Waals surface area contributed by atoms with E-state index in [4.69, 9.17) is 18.0 Å². The zero-order valence-corrected chi connectivity index (χ0v) is 13.7. The van der Waals surface area contributed by atoms with E-state index in [1.165, 1.54) is 0 Å². The van der Waals surface area contributed by atoms with Crippen molar-refractivity contribution in [3.05, 3.63) is 28.7 Å². The molecule has 20 heavy (non-hydrogen) atoms. The van der Waals surface area contributed by atoms with Crippen LogP contribution in [0.4, 0.5) is 5.69 Å². The van der Waals surface area contributed by atoms with Gasteiger partial charge < -0.3 is 11.1 Å². The number of amides is 1. The van der Waals surface area contributed by atoms with Crippen molar-refractivity contribution in [3.63, 3.8) is 0 Å². The first-order valence-electron chi connectivity index (χ1n) is 6.91. The van der Waals surface area contributed by atoms with Crippen LogP contribution in [0.1, 0.15) is 38.5 Å². The minimum Gasteiger partial charge on any atom is -0.392 e. The Balaban J connectivity index is 2.21. The average molecular weight is 355 g/mol. The third-order valence-corrected chi connectivity index (χ3v) is 4.83. The Kier molecular flexibility index (Phi) is 5.16. The molecule has 0 atom stereocenters. The Morgan fingerprint density at radius 2 is 1.90 bits per heavy atom. The maximum atomic E-state index is 12.7. The molecule has 1 saturated carbocycles. The van der Waals surface area contributed by atoms with Crippen molar-refractivity contribution in [2.45, 2.75) is 38.5 Å². The van der Waals surface area contributed by atoms with E-state index >= 15 is 0 Å². The predicted molar refractivity (Wildman–Crippen MR) is 89.7 cm³/mol. The van der Waals surface area contributed by atoms with E-state index in [1.54, 1.807) is 0 Å². The van der Waals surface area contributed by atoms with Crippen molar-refractivity contribution in [2.24, 2.45) is 11.1 Å². The van der Waals surface area contributed by atoms with E-state index in [-0.39, 0.29) is 5.91 Å². The fourth-order valence-electron chi connectivity index (χ4n) is 2.73. The van der Waals surface area contributed by atoms with Gasteiger partial charge in [0.2, 0.25) is 5.91 Å². The fourth-order valence-corrected chi connectivity index (χ4v) is 3.43. The van der Waals surface area contributed by atoms with Crippen LogP contribution in [0.5, 0.6) is 0 Å². The van der Waals surface area contributed by atoms with Gasteiger partial charge in [0, 0.05) is 10.2 Å². The maximum Gasteiger partial charge on any atom is 0.237 e. The Morgan fingerprint density at radius 3 is 2.45 bits per heavy atom. The monoisotopic (exact) mass is 354 g/mol. The number of benzene rings is 1. The highest BCUT2D eigenvalue weighted by Gasteiger charge is 2.41. The second kappa shape index (κ2) is 6.68. The first-order chi connectivity index (χ1) is 9.54. The number of anilines is 1. The molecule has 3 nitrogen and oxygen atoms in total. The van der Waals surface area contributed by atoms with E-state index in [2.05, 4.69) is 21.2 Å². The first kappa shape index (κ1) is 15.4. The van der Waals surface area contributed by atoms with Crippen LogP contribution in [0.15, 0.2) is 28.7 Å². The van der Waals surface area contributed by atoms with E-state index in [9.17, 15) is 4.79 Å². The molecule has 0 aromatic heterocycles. The van der Waals surface area contributed by atoms with Crippen LogP contribution in [0.2, 0.25) is 0 Å². The van der Waals surface area contributed by atoms with Crippen LogP contribution in [0.3, 0.4) is 0 Å². The van der Waals surface area contributed by atoms with Gasteiger partial charge in [-0.1, -0.05) is 59.9 Å². The molecule has 0 bridgehead atoms. The van der Waals surface area contributed by atoms with Crippen LogP contribution >= 0.6 is 28.1 Å². The third-order valence-electron chi connectivity index (χ3n) is 3.95. The lowest BCUT2D eigenvalue weighted by Gasteiger charge is -2.30. The van der Waals surface area contributed by atoms with Gasteiger partial charge in [0.25, 0.3) is 0 Å². The summed E-state index contributed by atoms with van der Waals surface area (Å²) in [6.07, 6.45) is 5.81. The van der Waals surface area contributed by atoms with Gasteiger partial charge in [0.15, 0.2) is 0 Å². The van der Waals surface area contributed by atoms with Crippen LogP contribution in [0.25, 0.3) is 0 Å². The molecule has 108 valence electrons. The highest BCUT2D eigenvalue weighted by Crippen LogP contribution is 2.36. The molecule has 1 aliphatic carbocycles. The topological polar surface area (TPSA) is 55.1 Å². The minimum absolute atomic E-state index is 0.0648. The van der Waals surface area contributed by atoms with Crippen molar-refractivity contribution in [2.75, 3.05) is 5.32 Å². The van der Waals surface area contributed by atoms with Crippen molar-refractivity contribution < 1.29 is 4.79 Å². The van der Waals surface area contributed by atoms with Gasteiger partial charge >= 0.3 is 0 Å². The number of carbonyl (C=O) groups is 1. The standard InChI is InChI=1S/C15H19BrN2OS/c16-11-6-5-7-12(10-11)18-14(19)15(13(17)20)8-3-1-2-4-9-15/h5-7,10H,1-4,8-9H2,(H2,17,20)(H,18,19). The molecule has 2 rings (SSSR count). The summed E-state index contributed by atoms with van der Waals surface area (Å²) in [7, 11) is 0. The molecule has 0 unspecified atom stereocenters. The van der Waals surface area contributed by atoms with Crippen LogP contribution in [-0.2, 0) is 4.79 Å². The predicted octanol–water partition coefficient (Wildman–Crippen LogP) is 4.01. The van der Waals surface area contributed by atoms with Gasteiger partial charge in [0.1, 0.15) is 0 Å². The van der Waals surface area contributed by atoms with E-state index < -0.39 is 5.41 Å². The van der Waals surface area contributed by atoms with Crippen LogP contribution in [-0.4, -0.2) is 10.9 Å². The quantitative estimate of drug-likeness (QED) is 0.636. The number of hydrogen-bond donors (Lipinski definition) is 2. The summed E-state index contributed by atoms with van der Waals surface area (Å²) < 4.78 is 0.931. The second-order valence-corrected chi connectivity index (χ2v) is 6.68. The molecule has 0 aliphatic heterocycles. The smallest absolute Gasteiger partial charge is 0.237 e. The summed E-state index contributed by atoms with van der Waals surface area (Å²) >= 11 is 8.61. The molecule has 0 radical (unpaired) electrons. The number of rotatable bonds is 3. The lowest BCUT2D eigenvalue weighted by molar-refractivity contribution is -0.122. The van der Waals surface area contributed by atoms with Gasteiger partial charge in [-0.15, -0.1) is 0 Å². The van der Waals surface area contributed by atoms with Gasteiger partial charge in [-0.25, -0.2) is 0 Å². The molecule has 1 amide bonds. The van der Waals surface area contributed by atoms with Crippen molar-refractivity contribution in [3.8, 4) is 0 Å². The van der Waals surface area contributed by atoms with Gasteiger partial charge in [0.05, 0.1) is 10.4 Å². The number of nitrogens with two attached hydrogens (primary N) is 1. The average Bonchev–Trinajstić information content (AvgIpc) is 2.65. The lowest BCUT2D eigenvalue weighted by atomic mass is 9.79. The number of hydrogen-bond acceptors (Lipinski definition) is 2. The normalized spacial score (nSPS) is 18.1. The number of halogens is 1. The molecular formula is C15H19BrN2OS. The Bertz CT molecular complexity index is 510. The molecule has 1 fully saturated rings. The van der Waals surface area contributed by atoms with Gasteiger partial charge in [-0.3, -0.25) is 4.79 Å². The maximum absolute atomic E-state index is 12.7. The van der Waals surface area contributed by atoms with E-state index in [0.29, 0.717) is 4.99 Å². The summed E-state index contributed by atoms with van der Waals surface area (Å²) in [6, 6.07) is 7.55. The van der Waals surface area contributed by atoms with Crippen molar-refractivity contribution >= 4 is 44.7 Å². The Hall–Kier alpha value is -0.940. The molecule has 0 saturated heterocycles. The molecular weight excluding hydrogens is 336 g/mol. The van der Waals surface area contributed by atoms with Crippen molar-refractivity contribution in [1.29, 1.82) is 0 Å². The molecule has 0 heterocycles. The highest BCUT2D eigenvalue weighted by molar-refractivity contribution is 9.10. The zero-order chi connectivity index (χ0) is 14.6. The molecule has 3 N–H and O–H groups in total. The summed E-state index contributed by atoms with van der Waals surface area (Å²) in [4.78, 5) is 13.0. The molecule has 0 spiro atoms. The Labute approximate surface area is 133 Å². The molecule has 1 aliphatic rings. The lowest BCUT2D eigenvalue weighted by Crippen LogP contribution is -2.45. The molecule has 1 aromatic carbocycles. The first-order valence-corrected chi connectivity index (χ1v) is 8.12. The largest absolute Gasteiger partial charge is 0.392 e. The summed E-state index contributed by atoms with van der Waals surface area (Å²) in [6.45, 7) is 0. The third kappa shape index (κ3) is 3.38. The van der Waals surface area contributed by atoms with Crippen LogP contribution < -0.4 is 11.1 Å². The fraction of sp³-hybridized carbons (Fsp3) is 0.467. The van der Waals surface area contributed by atoms with E-state index in [0.717, 1.165) is 48.7 Å². The highest BCUT2D eigenvalue weighted by atomic mass is 79.9. The Morgan fingerprint density at radius 1 is 1.25 bits per heavy atom. The SMILES string of the molecule is NC(=S)C1(C(=O)Nc2cccc(Br)c2)CCCCCC1. The van der Waals surface area contributed by atoms with Gasteiger partial charge in [-0.05, 0) is 31.0 Å². The van der Waals surface area contributed by atoms with E-state index in [1.807, 2.05) is 24.3 Å². The second-order valence-electron chi connectivity index (χ2n) is 5.33. The summed E-state index contributed by atoms with van der Waals surface area (Å²) in [5.74, 6) is -0.0648. The summed E-state index contributed by atoms with van der Waals surface area (Å²) in [5.41, 5.74) is 6.00. The minimum atomic E-state index is -0.686. The molecule has 1 aromatic rings. The van der Waals surface area contributed by atoms with Crippen LogP contribution in [0, 0.1) is 5.41 Å². The number of thiocarbonyl (C=S) groups is 1. The number of carbonyl (C=O) groups excluding carboxylic acids is 1. The van der Waals surface area contributed by atoms with Gasteiger partial charge in [-0.2, -0.15) is 0 Å². The summed E-state index contributed by atoms with van der Waals surface area (Å²) in [5, 5.41) is 2.97. The zero-order valence-electron chi connectivity index (χ0n) is 11.3. The molecule has 5 heteroatoms.